The molecule has 0 aromatic carbocycles. The Morgan fingerprint density at radius 1 is 1.38 bits per heavy atom. The summed E-state index contributed by atoms with van der Waals surface area (Å²) < 4.78 is 32.2. The van der Waals surface area contributed by atoms with Crippen LogP contribution in [0.5, 0.6) is 0 Å². The van der Waals surface area contributed by atoms with Gasteiger partial charge in [-0.3, -0.25) is 4.99 Å². The molecule has 1 rings (SSSR count). The maximum absolute atomic E-state index is 12.6. The zero-order chi connectivity index (χ0) is 18.9. The molecule has 154 valence electrons. The Bertz CT molecular complexity index is 532. The van der Waals surface area contributed by atoms with E-state index in [4.69, 9.17) is 4.74 Å². The molecular formula is C17H35IN4O3S. The summed E-state index contributed by atoms with van der Waals surface area (Å²) in [5, 5.41) is 3.21. The van der Waals surface area contributed by atoms with E-state index in [0.717, 1.165) is 31.9 Å². The van der Waals surface area contributed by atoms with Gasteiger partial charge in [0.15, 0.2) is 5.96 Å². The van der Waals surface area contributed by atoms with Gasteiger partial charge in [0.25, 0.3) is 0 Å². The van der Waals surface area contributed by atoms with E-state index in [1.807, 2.05) is 38.8 Å². The van der Waals surface area contributed by atoms with Crippen molar-refractivity contribution in [1.82, 2.24) is 14.5 Å². The van der Waals surface area contributed by atoms with Crippen LogP contribution >= 0.6 is 24.0 Å². The minimum atomic E-state index is -3.32. The van der Waals surface area contributed by atoms with E-state index in [9.17, 15) is 8.42 Å². The topological polar surface area (TPSA) is 74.2 Å². The van der Waals surface area contributed by atoms with Gasteiger partial charge in [0, 0.05) is 33.2 Å². The van der Waals surface area contributed by atoms with Crippen LogP contribution in [0.25, 0.3) is 0 Å². The van der Waals surface area contributed by atoms with Crippen LogP contribution in [0.4, 0.5) is 0 Å². The van der Waals surface area contributed by atoms with Crippen LogP contribution in [0, 0.1) is 0 Å². The second kappa shape index (κ2) is 12.9. The van der Waals surface area contributed by atoms with Gasteiger partial charge in [-0.25, -0.2) is 8.42 Å². The van der Waals surface area contributed by atoms with Gasteiger partial charge in [-0.05, 0) is 33.6 Å². The molecule has 1 aliphatic rings. The Balaban J connectivity index is 0.00000625. The van der Waals surface area contributed by atoms with Crippen molar-refractivity contribution in [2.75, 3.05) is 45.5 Å². The van der Waals surface area contributed by atoms with Gasteiger partial charge in [-0.1, -0.05) is 6.08 Å². The van der Waals surface area contributed by atoms with Crippen LogP contribution in [0.2, 0.25) is 0 Å². The number of halogens is 1. The lowest BCUT2D eigenvalue weighted by atomic mass is 10.3. The molecule has 1 fully saturated rings. The lowest BCUT2D eigenvalue weighted by molar-refractivity contribution is -0.0440. The Kier molecular flexibility index (Phi) is 12.7. The summed E-state index contributed by atoms with van der Waals surface area (Å²) in [4.78, 5) is 6.51. The molecule has 1 aliphatic heterocycles. The first-order valence-corrected chi connectivity index (χ1v) is 10.6. The lowest BCUT2D eigenvalue weighted by Crippen LogP contribution is -2.49. The number of hydrogen-bond donors (Lipinski definition) is 1. The maximum Gasteiger partial charge on any atom is 0.216 e. The van der Waals surface area contributed by atoms with Gasteiger partial charge >= 0.3 is 0 Å². The molecule has 1 N–H and O–H groups in total. The van der Waals surface area contributed by atoms with Crippen molar-refractivity contribution in [2.24, 2.45) is 4.99 Å². The highest BCUT2D eigenvalue weighted by Gasteiger charge is 2.30. The van der Waals surface area contributed by atoms with E-state index in [0.29, 0.717) is 13.1 Å². The number of hydrogen-bond acceptors (Lipinski definition) is 4. The van der Waals surface area contributed by atoms with Crippen LogP contribution in [0.3, 0.4) is 0 Å². The SMILES string of the molecule is C=CCCCN(C)C(=NCCS(=O)(=O)N1CC(C)OC(C)C1)NCC.I. The zero-order valence-electron chi connectivity index (χ0n) is 16.5. The maximum atomic E-state index is 12.6. The van der Waals surface area contributed by atoms with E-state index < -0.39 is 10.0 Å². The molecular weight excluding hydrogens is 467 g/mol. The van der Waals surface area contributed by atoms with Gasteiger partial charge in [0.1, 0.15) is 0 Å². The third-order valence-electron chi connectivity index (χ3n) is 3.99. The van der Waals surface area contributed by atoms with E-state index in [-0.39, 0.29) is 48.5 Å². The lowest BCUT2D eigenvalue weighted by Gasteiger charge is -2.34. The molecule has 0 aliphatic carbocycles. The fraction of sp³-hybridized carbons (Fsp3) is 0.824. The average Bonchev–Trinajstić information content (AvgIpc) is 2.53. The first-order valence-electron chi connectivity index (χ1n) is 9.03. The molecule has 2 atom stereocenters. The van der Waals surface area contributed by atoms with Crippen molar-refractivity contribution in [3.05, 3.63) is 12.7 Å². The number of nitrogens with one attached hydrogen (secondary N) is 1. The van der Waals surface area contributed by atoms with Crippen molar-refractivity contribution in [3.63, 3.8) is 0 Å². The average molecular weight is 502 g/mol. The van der Waals surface area contributed by atoms with Crippen molar-refractivity contribution in [3.8, 4) is 0 Å². The van der Waals surface area contributed by atoms with Crippen LogP contribution in [0.15, 0.2) is 17.6 Å². The van der Waals surface area contributed by atoms with E-state index in [2.05, 4.69) is 16.9 Å². The third-order valence-corrected chi connectivity index (χ3v) is 5.77. The van der Waals surface area contributed by atoms with Crippen molar-refractivity contribution in [2.45, 2.75) is 45.8 Å². The minimum Gasteiger partial charge on any atom is -0.373 e. The Hall–Kier alpha value is -0.390. The van der Waals surface area contributed by atoms with Crippen LogP contribution in [0.1, 0.15) is 33.6 Å². The van der Waals surface area contributed by atoms with Gasteiger partial charge in [0.05, 0.1) is 24.5 Å². The number of guanidine groups is 1. The van der Waals surface area contributed by atoms with Crippen molar-refractivity contribution in [1.29, 1.82) is 0 Å². The number of nitrogens with zero attached hydrogens (tertiary/aromatic N) is 3. The predicted octanol–water partition coefficient (Wildman–Crippen LogP) is 1.91. The minimum absolute atomic E-state index is 0. The molecule has 1 saturated heterocycles. The molecule has 0 aromatic rings. The third kappa shape index (κ3) is 9.01. The predicted molar refractivity (Wildman–Crippen MR) is 119 cm³/mol. The highest BCUT2D eigenvalue weighted by molar-refractivity contribution is 14.0. The van der Waals surface area contributed by atoms with Gasteiger partial charge in [0.2, 0.25) is 10.0 Å². The van der Waals surface area contributed by atoms with Gasteiger partial charge in [-0.2, -0.15) is 4.31 Å². The van der Waals surface area contributed by atoms with Gasteiger partial charge < -0.3 is 15.0 Å². The van der Waals surface area contributed by atoms with E-state index in [1.165, 1.54) is 4.31 Å². The number of ether oxygens (including phenoxy) is 1. The second-order valence-electron chi connectivity index (χ2n) is 6.48. The summed E-state index contributed by atoms with van der Waals surface area (Å²) in [6, 6.07) is 0. The normalized spacial score (nSPS) is 21.8. The summed E-state index contributed by atoms with van der Waals surface area (Å²) >= 11 is 0. The first-order chi connectivity index (χ1) is 11.8. The highest BCUT2D eigenvalue weighted by Crippen LogP contribution is 2.14. The molecule has 9 heteroatoms. The molecule has 0 aromatic heterocycles. The zero-order valence-corrected chi connectivity index (χ0v) is 19.6. The molecule has 1 heterocycles. The van der Waals surface area contributed by atoms with Gasteiger partial charge in [-0.15, -0.1) is 30.6 Å². The molecule has 0 amide bonds. The second-order valence-corrected chi connectivity index (χ2v) is 8.57. The Labute approximate surface area is 176 Å². The summed E-state index contributed by atoms with van der Waals surface area (Å²) in [5.41, 5.74) is 0. The first kappa shape index (κ1) is 25.6. The summed E-state index contributed by atoms with van der Waals surface area (Å²) in [6.07, 6.45) is 3.69. The highest BCUT2D eigenvalue weighted by atomic mass is 127. The van der Waals surface area contributed by atoms with E-state index >= 15 is 0 Å². The Morgan fingerprint density at radius 2 is 2.00 bits per heavy atom. The molecule has 26 heavy (non-hydrogen) atoms. The fourth-order valence-corrected chi connectivity index (χ4v) is 4.26. The molecule has 0 spiro atoms. The monoisotopic (exact) mass is 502 g/mol. The smallest absolute Gasteiger partial charge is 0.216 e. The van der Waals surface area contributed by atoms with E-state index in [1.54, 1.807) is 0 Å². The number of allylic oxidation sites excluding steroid dienone is 1. The van der Waals surface area contributed by atoms with Crippen molar-refractivity contribution >= 4 is 40.0 Å². The summed E-state index contributed by atoms with van der Waals surface area (Å²) in [5.74, 6) is 0.757. The van der Waals surface area contributed by atoms with Crippen LogP contribution in [-0.4, -0.2) is 81.3 Å². The van der Waals surface area contributed by atoms with Crippen molar-refractivity contribution < 1.29 is 13.2 Å². The van der Waals surface area contributed by atoms with Crippen LogP contribution < -0.4 is 5.32 Å². The standard InChI is InChI=1S/C17H34N4O3S.HI/c1-6-8-9-11-20(5)17(18-7-2)19-10-12-25(22,23)21-13-15(3)24-16(4)14-21;/h6,15-16H,1,7-14H2,2-5H3,(H,18,19);1H. The summed E-state index contributed by atoms with van der Waals surface area (Å²) in [7, 11) is -1.36. The molecule has 0 saturated carbocycles. The number of sulfonamides is 1. The van der Waals surface area contributed by atoms with Crippen LogP contribution in [-0.2, 0) is 14.8 Å². The number of aliphatic imine (C=N–C) groups is 1. The molecule has 0 radical (unpaired) electrons. The molecule has 7 nitrogen and oxygen atoms in total. The number of unbranched alkanes of at least 4 members (excludes halogenated alkanes) is 1. The fourth-order valence-electron chi connectivity index (χ4n) is 2.80. The summed E-state index contributed by atoms with van der Waals surface area (Å²) in [6.45, 7) is 12.2. The number of morpholine rings is 1. The Morgan fingerprint density at radius 3 is 2.54 bits per heavy atom. The number of rotatable bonds is 9. The largest absolute Gasteiger partial charge is 0.373 e. The molecule has 0 bridgehead atoms. The molecule has 2 unspecified atom stereocenters. The quantitative estimate of drug-likeness (QED) is 0.172.